The number of hydrogen-bond acceptors (Lipinski definition) is 4. The second-order valence-corrected chi connectivity index (χ2v) is 6.39. The van der Waals surface area contributed by atoms with E-state index < -0.39 is 0 Å². The van der Waals surface area contributed by atoms with Crippen LogP contribution in [0.5, 0.6) is 5.75 Å². The molecule has 1 aromatic heterocycles. The molecule has 1 aliphatic rings. The number of aliphatic imine (C=N–C) groups is 1. The topological polar surface area (TPSA) is 59.0 Å². The van der Waals surface area contributed by atoms with Crippen molar-refractivity contribution < 1.29 is 9.47 Å². The summed E-state index contributed by atoms with van der Waals surface area (Å²) < 4.78 is 11.2. The van der Waals surface area contributed by atoms with E-state index in [1.807, 2.05) is 27.1 Å². The van der Waals surface area contributed by atoms with E-state index in [9.17, 15) is 0 Å². The van der Waals surface area contributed by atoms with E-state index in [0.29, 0.717) is 6.54 Å². The lowest BCUT2D eigenvalue weighted by Gasteiger charge is -2.22. The monoisotopic (exact) mass is 334 g/mol. The van der Waals surface area contributed by atoms with Gasteiger partial charge in [0.15, 0.2) is 5.96 Å². The van der Waals surface area contributed by atoms with E-state index >= 15 is 0 Å². The van der Waals surface area contributed by atoms with Gasteiger partial charge in [-0.3, -0.25) is 9.98 Å². The number of rotatable bonds is 8. The maximum Gasteiger partial charge on any atom is 0.193 e. The van der Waals surface area contributed by atoms with Crippen molar-refractivity contribution in [3.05, 3.63) is 23.0 Å². The molecule has 1 N–H and O–H groups in total. The Labute approximate surface area is 145 Å². The van der Waals surface area contributed by atoms with Crippen LogP contribution in [-0.2, 0) is 11.3 Å². The number of pyridine rings is 1. The average Bonchev–Trinajstić information content (AvgIpc) is 3.38. The summed E-state index contributed by atoms with van der Waals surface area (Å²) in [6, 6.07) is 0. The zero-order chi connectivity index (χ0) is 17.5. The molecule has 0 atom stereocenters. The van der Waals surface area contributed by atoms with E-state index in [0.717, 1.165) is 54.2 Å². The predicted molar refractivity (Wildman–Crippen MR) is 96.6 cm³/mol. The van der Waals surface area contributed by atoms with Crippen molar-refractivity contribution in [3.8, 4) is 5.75 Å². The molecule has 6 heteroatoms. The summed E-state index contributed by atoms with van der Waals surface area (Å²) in [4.78, 5) is 10.9. The minimum Gasteiger partial charge on any atom is -0.496 e. The first-order chi connectivity index (χ1) is 11.6. The molecule has 1 aliphatic carbocycles. The van der Waals surface area contributed by atoms with Crippen LogP contribution in [0.15, 0.2) is 11.2 Å². The highest BCUT2D eigenvalue weighted by Crippen LogP contribution is 2.28. The first-order valence-electron chi connectivity index (χ1n) is 8.55. The van der Waals surface area contributed by atoms with Crippen molar-refractivity contribution in [1.82, 2.24) is 15.2 Å². The average molecular weight is 334 g/mol. The Morgan fingerprint density at radius 1 is 1.42 bits per heavy atom. The summed E-state index contributed by atoms with van der Waals surface area (Å²) in [5.41, 5.74) is 3.08. The third-order valence-electron chi connectivity index (χ3n) is 4.36. The summed E-state index contributed by atoms with van der Waals surface area (Å²) >= 11 is 0. The fourth-order valence-electron chi connectivity index (χ4n) is 2.64. The molecule has 1 heterocycles. The van der Waals surface area contributed by atoms with Gasteiger partial charge in [-0.1, -0.05) is 0 Å². The first-order valence-corrected chi connectivity index (χ1v) is 8.55. The van der Waals surface area contributed by atoms with E-state index in [-0.39, 0.29) is 0 Å². The largest absolute Gasteiger partial charge is 0.496 e. The summed E-state index contributed by atoms with van der Waals surface area (Å²) in [6.07, 6.45) is 4.50. The molecule has 0 amide bonds. The predicted octanol–water partition coefficient (Wildman–Crippen LogP) is 2.14. The van der Waals surface area contributed by atoms with Crippen LogP contribution in [0.1, 0.15) is 29.7 Å². The van der Waals surface area contributed by atoms with E-state index in [1.54, 1.807) is 14.2 Å². The zero-order valence-electron chi connectivity index (χ0n) is 15.6. The highest BCUT2D eigenvalue weighted by molar-refractivity contribution is 5.79. The minimum absolute atomic E-state index is 0.614. The number of hydrogen-bond donors (Lipinski definition) is 1. The highest BCUT2D eigenvalue weighted by Gasteiger charge is 2.21. The lowest BCUT2D eigenvalue weighted by molar-refractivity contribution is 0.115. The van der Waals surface area contributed by atoms with Crippen LogP contribution in [0.2, 0.25) is 0 Å². The molecule has 0 spiro atoms. The normalized spacial score (nSPS) is 14.6. The minimum atomic E-state index is 0.614. The number of likely N-dealkylation sites (N-methyl/N-ethyl adjacent to an activating group) is 1. The van der Waals surface area contributed by atoms with Gasteiger partial charge >= 0.3 is 0 Å². The molecule has 0 aliphatic heterocycles. The standard InChI is InChI=1S/C18H30N4O2/c1-13-10-20-16(14(2)17(13)23-5)11-21-18(19-3)22(4)8-9-24-12-15-6-7-15/h10,15H,6-9,11-12H2,1-5H3,(H,19,21). The van der Waals surface area contributed by atoms with Crippen molar-refractivity contribution in [2.24, 2.45) is 10.9 Å². The molecule has 6 nitrogen and oxygen atoms in total. The second-order valence-electron chi connectivity index (χ2n) is 6.39. The van der Waals surface area contributed by atoms with Crippen molar-refractivity contribution in [3.63, 3.8) is 0 Å². The lowest BCUT2D eigenvalue weighted by Crippen LogP contribution is -2.40. The molecule has 1 fully saturated rings. The number of aromatic nitrogens is 1. The highest BCUT2D eigenvalue weighted by atomic mass is 16.5. The summed E-state index contributed by atoms with van der Waals surface area (Å²) in [7, 11) is 5.51. The number of nitrogens with one attached hydrogen (secondary N) is 1. The van der Waals surface area contributed by atoms with Gasteiger partial charge in [-0.05, 0) is 32.6 Å². The smallest absolute Gasteiger partial charge is 0.193 e. The van der Waals surface area contributed by atoms with E-state index in [2.05, 4.69) is 20.2 Å². The summed E-state index contributed by atoms with van der Waals surface area (Å²) in [6.45, 7) is 7.09. The molecule has 0 saturated heterocycles. The van der Waals surface area contributed by atoms with Gasteiger partial charge in [0.2, 0.25) is 0 Å². The zero-order valence-corrected chi connectivity index (χ0v) is 15.6. The van der Waals surface area contributed by atoms with Crippen LogP contribution in [0.25, 0.3) is 0 Å². The first kappa shape index (κ1) is 18.5. The maximum absolute atomic E-state index is 5.69. The van der Waals surface area contributed by atoms with Gasteiger partial charge in [0, 0.05) is 44.6 Å². The lowest BCUT2D eigenvalue weighted by atomic mass is 10.1. The molecule has 1 aromatic rings. The van der Waals surface area contributed by atoms with Gasteiger partial charge in [0.1, 0.15) is 5.75 Å². The number of aryl methyl sites for hydroxylation is 1. The van der Waals surface area contributed by atoms with Crippen molar-refractivity contribution in [2.75, 3.05) is 41.0 Å². The number of methoxy groups -OCH3 is 1. The van der Waals surface area contributed by atoms with E-state index in [1.165, 1.54) is 12.8 Å². The van der Waals surface area contributed by atoms with Crippen LogP contribution in [-0.4, -0.2) is 56.8 Å². The van der Waals surface area contributed by atoms with Crippen molar-refractivity contribution >= 4 is 5.96 Å². The van der Waals surface area contributed by atoms with Gasteiger partial charge in [0.25, 0.3) is 0 Å². The van der Waals surface area contributed by atoms with Crippen LogP contribution in [0, 0.1) is 19.8 Å². The third-order valence-corrected chi connectivity index (χ3v) is 4.36. The summed E-state index contributed by atoms with van der Waals surface area (Å²) in [5, 5.41) is 3.36. The Morgan fingerprint density at radius 3 is 2.79 bits per heavy atom. The van der Waals surface area contributed by atoms with Gasteiger partial charge in [-0.25, -0.2) is 0 Å². The number of guanidine groups is 1. The molecule has 2 rings (SSSR count). The molecule has 0 bridgehead atoms. The van der Waals surface area contributed by atoms with Crippen LogP contribution in [0.4, 0.5) is 0 Å². The molecule has 24 heavy (non-hydrogen) atoms. The Kier molecular flexibility index (Phi) is 6.85. The van der Waals surface area contributed by atoms with Crippen molar-refractivity contribution in [1.29, 1.82) is 0 Å². The fraction of sp³-hybridized carbons (Fsp3) is 0.667. The number of nitrogens with zero attached hydrogens (tertiary/aromatic N) is 3. The van der Waals surface area contributed by atoms with Gasteiger partial charge in [-0.15, -0.1) is 0 Å². The molecular formula is C18H30N4O2. The fourth-order valence-corrected chi connectivity index (χ4v) is 2.64. The van der Waals surface area contributed by atoms with Gasteiger partial charge < -0.3 is 19.7 Å². The van der Waals surface area contributed by atoms with Crippen LogP contribution < -0.4 is 10.1 Å². The van der Waals surface area contributed by atoms with E-state index in [4.69, 9.17) is 9.47 Å². The third kappa shape index (κ3) is 5.09. The summed E-state index contributed by atoms with van der Waals surface area (Å²) in [5.74, 6) is 2.54. The quantitative estimate of drug-likeness (QED) is 0.448. The molecule has 0 unspecified atom stereocenters. The maximum atomic E-state index is 5.69. The molecular weight excluding hydrogens is 304 g/mol. The second kappa shape index (κ2) is 8.87. The van der Waals surface area contributed by atoms with Crippen LogP contribution in [0.3, 0.4) is 0 Å². The SMILES string of the molecule is CN=C(NCc1ncc(C)c(OC)c1C)N(C)CCOCC1CC1. The Balaban J connectivity index is 1.84. The molecule has 0 radical (unpaired) electrons. The molecule has 1 saturated carbocycles. The number of ether oxygens (including phenoxy) is 2. The Morgan fingerprint density at radius 2 is 2.17 bits per heavy atom. The molecule has 134 valence electrons. The van der Waals surface area contributed by atoms with Gasteiger partial charge in [0.05, 0.1) is 26.0 Å². The molecule has 0 aromatic carbocycles. The Hall–Kier alpha value is -1.82. The van der Waals surface area contributed by atoms with Crippen LogP contribution >= 0.6 is 0 Å². The Bertz CT molecular complexity index is 570. The van der Waals surface area contributed by atoms with Crippen molar-refractivity contribution in [2.45, 2.75) is 33.2 Å². The van der Waals surface area contributed by atoms with Gasteiger partial charge in [-0.2, -0.15) is 0 Å².